The molecule has 0 spiro atoms. The lowest BCUT2D eigenvalue weighted by atomic mass is 10.1. The van der Waals surface area contributed by atoms with Crippen LogP contribution in [0.4, 0.5) is 11.4 Å². The highest BCUT2D eigenvalue weighted by Gasteiger charge is 2.30. The minimum Gasteiger partial charge on any atom is -0.495 e. The highest BCUT2D eigenvalue weighted by atomic mass is 35.5. The van der Waals surface area contributed by atoms with E-state index in [-0.39, 0.29) is 12.0 Å². The van der Waals surface area contributed by atoms with E-state index in [0.717, 1.165) is 59.3 Å². The maximum Gasteiger partial charge on any atom is 0.270 e. The van der Waals surface area contributed by atoms with Crippen LogP contribution in [0.1, 0.15) is 28.2 Å². The maximum atomic E-state index is 13.3. The van der Waals surface area contributed by atoms with Crippen LogP contribution in [0.5, 0.6) is 5.75 Å². The molecule has 2 aliphatic rings. The summed E-state index contributed by atoms with van der Waals surface area (Å²) in [5, 5.41) is 11.3. The number of piperidine rings is 1. The summed E-state index contributed by atoms with van der Waals surface area (Å²) in [6.07, 6.45) is 1.98. The molecular weight excluding hydrogens is 446 g/mol. The number of fused-ring (bicyclic) bond motifs is 1. The molecule has 2 aromatic carbocycles. The Labute approximate surface area is 196 Å². The summed E-state index contributed by atoms with van der Waals surface area (Å²) in [6, 6.07) is 13.5. The Hall–Kier alpha value is -2.61. The van der Waals surface area contributed by atoms with Gasteiger partial charge in [0.25, 0.3) is 5.91 Å². The number of rotatable bonds is 4. The molecule has 0 saturated carbocycles. The number of aromatic nitrogens is 1. The van der Waals surface area contributed by atoms with Gasteiger partial charge in [0.15, 0.2) is 0 Å². The van der Waals surface area contributed by atoms with Crippen molar-refractivity contribution >= 4 is 40.2 Å². The Bertz CT molecular complexity index is 1140. The van der Waals surface area contributed by atoms with Gasteiger partial charge < -0.3 is 19.6 Å². The van der Waals surface area contributed by atoms with Crippen molar-refractivity contribution in [2.45, 2.75) is 25.4 Å². The number of benzene rings is 2. The molecule has 2 aliphatic heterocycles. The average Bonchev–Trinajstić information content (AvgIpc) is 3.25. The van der Waals surface area contributed by atoms with Crippen LogP contribution in [0.3, 0.4) is 0 Å². The number of nitrogens with zero attached hydrogens (tertiary/aromatic N) is 3. The van der Waals surface area contributed by atoms with Crippen molar-refractivity contribution in [3.05, 3.63) is 58.1 Å². The lowest BCUT2D eigenvalue weighted by Crippen LogP contribution is -2.37. The summed E-state index contributed by atoms with van der Waals surface area (Å²) >= 11 is 7.43. The Morgan fingerprint density at radius 3 is 2.59 bits per heavy atom. The highest BCUT2D eigenvalue weighted by molar-refractivity contribution is 7.17. The first kappa shape index (κ1) is 21.2. The second-order valence-corrected chi connectivity index (χ2v) is 9.52. The predicted octanol–water partition coefficient (Wildman–Crippen LogP) is 4.64. The first-order chi connectivity index (χ1) is 15.5. The normalized spacial score (nSPS) is 16.9. The number of aliphatic hydroxyl groups excluding tert-OH is 1. The number of anilines is 2. The first-order valence-electron chi connectivity index (χ1n) is 10.7. The van der Waals surface area contributed by atoms with E-state index in [1.54, 1.807) is 12.0 Å². The zero-order chi connectivity index (χ0) is 22.2. The second kappa shape index (κ2) is 8.73. The fourth-order valence-electron chi connectivity index (χ4n) is 4.29. The first-order valence-corrected chi connectivity index (χ1v) is 11.9. The summed E-state index contributed by atoms with van der Waals surface area (Å²) in [7, 11) is 1.65. The lowest BCUT2D eigenvalue weighted by molar-refractivity contribution is 0.0984. The van der Waals surface area contributed by atoms with Crippen molar-refractivity contribution < 1.29 is 14.6 Å². The van der Waals surface area contributed by atoms with Crippen LogP contribution >= 0.6 is 22.9 Å². The number of carbonyl (C=O) groups excluding carboxylic acids is 1. The molecule has 1 fully saturated rings. The van der Waals surface area contributed by atoms with Gasteiger partial charge in [0.05, 0.1) is 24.6 Å². The Balaban J connectivity index is 1.40. The van der Waals surface area contributed by atoms with E-state index in [1.165, 1.54) is 11.3 Å². The fourth-order valence-corrected chi connectivity index (χ4v) is 5.49. The highest BCUT2D eigenvalue weighted by Crippen LogP contribution is 2.37. The van der Waals surface area contributed by atoms with Crippen LogP contribution in [-0.4, -0.2) is 48.8 Å². The quantitative estimate of drug-likeness (QED) is 0.603. The van der Waals surface area contributed by atoms with E-state index in [9.17, 15) is 9.90 Å². The molecule has 3 heterocycles. The van der Waals surface area contributed by atoms with Crippen molar-refractivity contribution in [3.63, 3.8) is 0 Å². The largest absolute Gasteiger partial charge is 0.495 e. The molecule has 1 aromatic heterocycles. The number of halogens is 1. The number of hydrogen-bond acceptors (Lipinski definition) is 6. The number of thiazole rings is 1. The molecule has 166 valence electrons. The molecule has 5 rings (SSSR count). The molecule has 1 amide bonds. The predicted molar refractivity (Wildman–Crippen MR) is 128 cm³/mol. The third-order valence-corrected chi connectivity index (χ3v) is 7.47. The van der Waals surface area contributed by atoms with Crippen molar-refractivity contribution in [2.24, 2.45) is 0 Å². The van der Waals surface area contributed by atoms with Gasteiger partial charge in [-0.05, 0) is 37.1 Å². The number of hydrogen-bond donors (Lipinski definition) is 1. The van der Waals surface area contributed by atoms with Crippen LogP contribution in [0.15, 0.2) is 42.5 Å². The zero-order valence-corrected chi connectivity index (χ0v) is 19.3. The summed E-state index contributed by atoms with van der Waals surface area (Å²) in [5.74, 6) is 0.712. The van der Waals surface area contributed by atoms with Crippen LogP contribution in [0.25, 0.3) is 10.6 Å². The summed E-state index contributed by atoms with van der Waals surface area (Å²) in [4.78, 5) is 22.8. The van der Waals surface area contributed by atoms with E-state index < -0.39 is 0 Å². The van der Waals surface area contributed by atoms with Gasteiger partial charge in [-0.3, -0.25) is 4.79 Å². The number of carbonyl (C=O) groups is 1. The molecule has 3 aromatic rings. The zero-order valence-electron chi connectivity index (χ0n) is 17.8. The smallest absolute Gasteiger partial charge is 0.270 e. The molecule has 8 heteroatoms. The maximum absolute atomic E-state index is 13.3. The van der Waals surface area contributed by atoms with Crippen LogP contribution in [-0.2, 0) is 6.42 Å². The summed E-state index contributed by atoms with van der Waals surface area (Å²) in [6.45, 7) is 2.16. The Kier molecular flexibility index (Phi) is 5.80. The fraction of sp³-hybridized carbons (Fsp3) is 0.333. The third-order valence-electron chi connectivity index (χ3n) is 6.08. The molecule has 32 heavy (non-hydrogen) atoms. The van der Waals surface area contributed by atoms with E-state index >= 15 is 0 Å². The number of amides is 1. The van der Waals surface area contributed by atoms with E-state index in [2.05, 4.69) is 4.90 Å². The summed E-state index contributed by atoms with van der Waals surface area (Å²) < 4.78 is 5.67. The van der Waals surface area contributed by atoms with Gasteiger partial charge in [0.1, 0.15) is 15.6 Å². The van der Waals surface area contributed by atoms with Gasteiger partial charge in [0, 0.05) is 48.4 Å². The van der Waals surface area contributed by atoms with Gasteiger partial charge in [-0.1, -0.05) is 23.7 Å². The molecular formula is C24H24ClN3O3S. The molecule has 0 unspecified atom stereocenters. The molecule has 1 N–H and O–H groups in total. The SMILES string of the molecule is COc1cc(N2CCc3nc(-c4ccc(Cl)cc4)sc3C2=O)ccc1N1CCC(O)CC1. The van der Waals surface area contributed by atoms with Crippen LogP contribution in [0, 0.1) is 0 Å². The van der Waals surface area contributed by atoms with E-state index in [1.807, 2.05) is 42.5 Å². The second-order valence-electron chi connectivity index (χ2n) is 8.08. The minimum atomic E-state index is -0.228. The topological polar surface area (TPSA) is 65.9 Å². The van der Waals surface area contributed by atoms with Crippen LogP contribution < -0.4 is 14.5 Å². The molecule has 1 saturated heterocycles. The van der Waals surface area contributed by atoms with E-state index in [0.29, 0.717) is 22.9 Å². The monoisotopic (exact) mass is 469 g/mol. The van der Waals surface area contributed by atoms with Gasteiger partial charge in [-0.25, -0.2) is 4.98 Å². The van der Waals surface area contributed by atoms with Gasteiger partial charge in [-0.2, -0.15) is 0 Å². The number of ether oxygens (including phenoxy) is 1. The lowest BCUT2D eigenvalue weighted by Gasteiger charge is -2.33. The van der Waals surface area contributed by atoms with Crippen molar-refractivity contribution in [3.8, 4) is 16.3 Å². The average molecular weight is 470 g/mol. The van der Waals surface area contributed by atoms with Crippen LogP contribution in [0.2, 0.25) is 5.02 Å². The van der Waals surface area contributed by atoms with Gasteiger partial charge in [0.2, 0.25) is 0 Å². The molecule has 0 radical (unpaired) electrons. The standard InChI is InChI=1S/C24H24ClN3O3S/c1-31-21-14-17(6-7-20(21)27-11-8-18(29)9-12-27)28-13-10-19-22(24(28)30)32-23(26-19)15-2-4-16(25)5-3-15/h2-7,14,18,29H,8-13H2,1H3. The molecule has 0 aliphatic carbocycles. The summed E-state index contributed by atoms with van der Waals surface area (Å²) in [5.41, 5.74) is 3.64. The van der Waals surface area contributed by atoms with Crippen molar-refractivity contribution in [1.29, 1.82) is 0 Å². The van der Waals surface area contributed by atoms with Gasteiger partial charge in [-0.15, -0.1) is 11.3 Å². The Morgan fingerprint density at radius 1 is 1.12 bits per heavy atom. The third kappa shape index (κ3) is 3.96. The molecule has 6 nitrogen and oxygen atoms in total. The van der Waals surface area contributed by atoms with Gasteiger partial charge >= 0.3 is 0 Å². The van der Waals surface area contributed by atoms with Crippen molar-refractivity contribution in [2.75, 3.05) is 36.5 Å². The number of methoxy groups -OCH3 is 1. The molecule has 0 atom stereocenters. The van der Waals surface area contributed by atoms with E-state index in [4.69, 9.17) is 21.3 Å². The Morgan fingerprint density at radius 2 is 1.88 bits per heavy atom. The van der Waals surface area contributed by atoms with Crippen molar-refractivity contribution in [1.82, 2.24) is 4.98 Å². The number of aliphatic hydroxyl groups is 1. The minimum absolute atomic E-state index is 0.0279. The molecule has 0 bridgehead atoms.